The number of imidazole rings is 1. The summed E-state index contributed by atoms with van der Waals surface area (Å²) in [4.78, 5) is 15.7. The number of halogens is 1. The molecule has 1 amide bonds. The van der Waals surface area contributed by atoms with Gasteiger partial charge < -0.3 is 11.1 Å². The van der Waals surface area contributed by atoms with Crippen molar-refractivity contribution in [1.82, 2.24) is 14.9 Å². The minimum absolute atomic E-state index is 0.0305. The van der Waals surface area contributed by atoms with Gasteiger partial charge >= 0.3 is 0 Å². The third kappa shape index (κ3) is 3.69. The highest BCUT2D eigenvalue weighted by atomic mass is 79.9. The number of carbonyl (C=O) groups is 1. The van der Waals surface area contributed by atoms with Crippen molar-refractivity contribution in [3.05, 3.63) is 22.4 Å². The Morgan fingerprint density at radius 3 is 2.77 bits per heavy atom. The highest BCUT2D eigenvalue weighted by Gasteiger charge is 2.21. The first-order valence-electron chi connectivity index (χ1n) is 6.84. The predicted octanol–water partition coefficient (Wildman–Crippen LogP) is 2.18. The number of nitrogen functional groups attached to an aromatic ring is 1. The third-order valence-corrected chi connectivity index (χ3v) is 3.49. The highest BCUT2D eigenvalue weighted by Crippen LogP contribution is 2.30. The number of fused-ring (bicyclic) bond motifs is 1. The summed E-state index contributed by atoms with van der Waals surface area (Å²) in [6.45, 7) is 6.30. The molecule has 2 aromatic rings. The lowest BCUT2D eigenvalue weighted by Crippen LogP contribution is -2.27. The molecular formula is C14H20BrN5O2. The number of rotatable bonds is 4. The van der Waals surface area contributed by atoms with Crippen molar-refractivity contribution in [2.45, 2.75) is 27.2 Å². The second kappa shape index (κ2) is 6.13. The molecule has 0 aliphatic carbocycles. The van der Waals surface area contributed by atoms with Gasteiger partial charge in [0, 0.05) is 10.7 Å². The molecule has 0 aromatic carbocycles. The van der Waals surface area contributed by atoms with Crippen LogP contribution in [0, 0.1) is 5.41 Å². The van der Waals surface area contributed by atoms with Gasteiger partial charge in [-0.05, 0) is 33.8 Å². The van der Waals surface area contributed by atoms with Gasteiger partial charge in [0.05, 0.1) is 17.9 Å². The van der Waals surface area contributed by atoms with Crippen LogP contribution in [0.15, 0.2) is 16.7 Å². The Bertz CT molecular complexity index is 705. The van der Waals surface area contributed by atoms with E-state index >= 15 is 0 Å². The number of hydroxylamine groups is 1. The van der Waals surface area contributed by atoms with Crippen LogP contribution in [0.2, 0.25) is 0 Å². The van der Waals surface area contributed by atoms with Gasteiger partial charge in [-0.25, -0.2) is 10.5 Å². The molecule has 22 heavy (non-hydrogen) atoms. The Morgan fingerprint density at radius 2 is 2.18 bits per heavy atom. The van der Waals surface area contributed by atoms with Gasteiger partial charge in [0.2, 0.25) is 0 Å². The number of nitrogens with two attached hydrogens (primary N) is 1. The highest BCUT2D eigenvalue weighted by molar-refractivity contribution is 9.10. The van der Waals surface area contributed by atoms with Gasteiger partial charge in [-0.1, -0.05) is 20.8 Å². The van der Waals surface area contributed by atoms with Crippen LogP contribution in [0.3, 0.4) is 0 Å². The van der Waals surface area contributed by atoms with E-state index in [9.17, 15) is 4.79 Å². The van der Waals surface area contributed by atoms with Crippen molar-refractivity contribution >= 4 is 39.0 Å². The van der Waals surface area contributed by atoms with Crippen molar-refractivity contribution in [3.8, 4) is 0 Å². The van der Waals surface area contributed by atoms with Gasteiger partial charge in [-0.3, -0.25) is 14.4 Å². The maximum Gasteiger partial charge on any atom is 0.262 e. The Balaban J connectivity index is 2.51. The summed E-state index contributed by atoms with van der Waals surface area (Å²) in [7, 11) is 0. The molecule has 0 radical (unpaired) electrons. The fraction of sp³-hybridized carbons (Fsp3) is 0.429. The van der Waals surface area contributed by atoms with Gasteiger partial charge in [0.1, 0.15) is 5.82 Å². The Labute approximate surface area is 137 Å². The van der Waals surface area contributed by atoms with E-state index in [1.807, 2.05) is 10.6 Å². The third-order valence-electron chi connectivity index (χ3n) is 3.05. The quantitative estimate of drug-likeness (QED) is 0.488. The van der Waals surface area contributed by atoms with Crippen molar-refractivity contribution in [1.29, 1.82) is 0 Å². The van der Waals surface area contributed by atoms with Crippen LogP contribution in [0.25, 0.3) is 5.65 Å². The van der Waals surface area contributed by atoms with Crippen molar-refractivity contribution in [3.63, 3.8) is 0 Å². The zero-order chi connectivity index (χ0) is 16.5. The molecule has 0 unspecified atom stereocenters. The average Bonchev–Trinajstić information content (AvgIpc) is 2.73. The lowest BCUT2D eigenvalue weighted by Gasteiger charge is -2.19. The maximum absolute atomic E-state index is 11.2. The Kier molecular flexibility index (Phi) is 4.62. The summed E-state index contributed by atoms with van der Waals surface area (Å²) in [5, 5.41) is 11.5. The van der Waals surface area contributed by atoms with Crippen molar-refractivity contribution in [2.24, 2.45) is 5.41 Å². The molecule has 2 aromatic heterocycles. The van der Waals surface area contributed by atoms with Crippen LogP contribution in [0.4, 0.5) is 11.5 Å². The molecule has 0 spiro atoms. The predicted molar refractivity (Wildman–Crippen MR) is 88.9 cm³/mol. The summed E-state index contributed by atoms with van der Waals surface area (Å²) < 4.78 is 2.77. The van der Waals surface area contributed by atoms with E-state index in [2.05, 4.69) is 47.0 Å². The van der Waals surface area contributed by atoms with E-state index in [-0.39, 0.29) is 12.0 Å². The van der Waals surface area contributed by atoms with Crippen LogP contribution in [0.5, 0.6) is 0 Å². The summed E-state index contributed by atoms with van der Waals surface area (Å²) in [5.41, 5.74) is 9.76. The molecule has 5 N–H and O–H groups in total. The maximum atomic E-state index is 11.2. The lowest BCUT2D eigenvalue weighted by atomic mass is 9.90. The number of nitrogens with one attached hydrogen (secondary N) is 2. The average molecular weight is 370 g/mol. The Hall–Kier alpha value is -1.80. The lowest BCUT2D eigenvalue weighted by molar-refractivity contribution is -0.127. The molecule has 0 aliphatic rings. The van der Waals surface area contributed by atoms with Crippen LogP contribution < -0.4 is 16.5 Å². The Morgan fingerprint density at radius 1 is 1.50 bits per heavy atom. The van der Waals surface area contributed by atoms with Gasteiger partial charge in [-0.2, -0.15) is 0 Å². The minimum Gasteiger partial charge on any atom is -0.396 e. The number of pyridine rings is 1. The summed E-state index contributed by atoms with van der Waals surface area (Å²) >= 11 is 3.43. The number of nitrogens with zero attached hydrogens (tertiary/aromatic N) is 2. The second-order valence-corrected chi connectivity index (χ2v) is 7.26. The molecule has 0 saturated heterocycles. The van der Waals surface area contributed by atoms with Crippen LogP contribution in [0.1, 0.15) is 26.5 Å². The topological polar surface area (TPSA) is 105 Å². The number of hydrogen-bond acceptors (Lipinski definition) is 5. The fourth-order valence-corrected chi connectivity index (χ4v) is 2.65. The molecule has 2 heterocycles. The minimum atomic E-state index is -0.534. The normalized spacial score (nSPS) is 11.7. The molecule has 2 rings (SSSR count). The first kappa shape index (κ1) is 16.6. The van der Waals surface area contributed by atoms with Crippen molar-refractivity contribution in [2.75, 3.05) is 17.6 Å². The second-order valence-electron chi connectivity index (χ2n) is 6.34. The molecule has 0 atom stereocenters. The smallest absolute Gasteiger partial charge is 0.262 e. The zero-order valence-electron chi connectivity index (χ0n) is 12.8. The molecule has 7 nitrogen and oxygen atoms in total. The number of carbonyl (C=O) groups excluding carboxylic acids is 1. The molecule has 0 bridgehead atoms. The monoisotopic (exact) mass is 369 g/mol. The van der Waals surface area contributed by atoms with Crippen LogP contribution in [-0.4, -0.2) is 27.0 Å². The summed E-state index contributed by atoms with van der Waals surface area (Å²) in [6.07, 6.45) is 2.64. The largest absolute Gasteiger partial charge is 0.396 e. The zero-order valence-corrected chi connectivity index (χ0v) is 14.4. The van der Waals surface area contributed by atoms with Gasteiger partial charge in [0.25, 0.3) is 5.91 Å². The van der Waals surface area contributed by atoms with E-state index in [0.717, 1.165) is 16.6 Å². The van der Waals surface area contributed by atoms with Crippen LogP contribution >= 0.6 is 15.9 Å². The number of hydrogen-bond donors (Lipinski definition) is 4. The number of amides is 1. The van der Waals surface area contributed by atoms with E-state index in [1.54, 1.807) is 11.5 Å². The van der Waals surface area contributed by atoms with Crippen LogP contribution in [-0.2, 0) is 11.2 Å². The van der Waals surface area contributed by atoms with Gasteiger partial charge in [0.15, 0.2) is 5.65 Å². The van der Waals surface area contributed by atoms with E-state index in [1.165, 1.54) is 0 Å². The van der Waals surface area contributed by atoms with Gasteiger partial charge in [-0.15, -0.1) is 0 Å². The number of anilines is 2. The van der Waals surface area contributed by atoms with E-state index < -0.39 is 5.91 Å². The van der Waals surface area contributed by atoms with Crippen molar-refractivity contribution < 1.29 is 10.0 Å². The number of aromatic nitrogens is 2. The molecule has 8 heteroatoms. The first-order valence-corrected chi connectivity index (χ1v) is 7.63. The van der Waals surface area contributed by atoms with E-state index in [4.69, 9.17) is 10.9 Å². The summed E-state index contributed by atoms with van der Waals surface area (Å²) in [6, 6.07) is 1.79. The summed E-state index contributed by atoms with van der Waals surface area (Å²) in [5.74, 6) is 0.0521. The fourth-order valence-electron chi connectivity index (χ4n) is 2.20. The van der Waals surface area contributed by atoms with E-state index in [0.29, 0.717) is 17.2 Å². The SMILES string of the molecule is CC(C)(C)Cc1c(NCC(=O)NO)nc2c(N)cc(Br)cn12. The molecule has 120 valence electrons. The molecule has 0 fully saturated rings. The molecule has 0 saturated carbocycles. The standard InChI is InChI=1S/C14H20BrN5O2/c1-14(2,3)5-10-12(17-6-11(21)19-22)18-13-9(16)4-8(15)7-20(10)13/h4,7,17,22H,5-6,16H2,1-3H3,(H,19,21). The molecule has 0 aliphatic heterocycles. The first-order chi connectivity index (χ1) is 10.2. The molecular weight excluding hydrogens is 350 g/mol.